The van der Waals surface area contributed by atoms with Gasteiger partial charge in [-0.2, -0.15) is 0 Å². The lowest BCUT2D eigenvalue weighted by atomic mass is 10.2. The SMILES string of the molecule is C#CN(C)S(=O)(=O)c1ccc(CNCc2ccc(I)cc2)cc1. The molecule has 0 fully saturated rings. The molecule has 0 radical (unpaired) electrons. The first-order chi connectivity index (χ1) is 10.9. The van der Waals surface area contributed by atoms with Crippen LogP contribution in [0, 0.1) is 16.0 Å². The summed E-state index contributed by atoms with van der Waals surface area (Å²) in [5.74, 6) is 0. The third-order valence-corrected chi connectivity index (χ3v) is 5.75. The maximum atomic E-state index is 12.1. The Bertz CT molecular complexity index is 794. The van der Waals surface area contributed by atoms with E-state index in [1.807, 2.05) is 0 Å². The van der Waals surface area contributed by atoms with Crippen molar-refractivity contribution in [1.29, 1.82) is 0 Å². The van der Waals surface area contributed by atoms with Crippen LogP contribution in [-0.2, 0) is 23.1 Å². The third kappa shape index (κ3) is 4.70. The largest absolute Gasteiger partial charge is 0.309 e. The quantitative estimate of drug-likeness (QED) is 0.427. The molecule has 0 unspecified atom stereocenters. The van der Waals surface area contributed by atoms with Crippen LogP contribution in [0.25, 0.3) is 0 Å². The van der Waals surface area contributed by atoms with E-state index >= 15 is 0 Å². The first-order valence-corrected chi connectivity index (χ1v) is 9.44. The Hall–Kier alpha value is -1.56. The second-order valence-electron chi connectivity index (χ2n) is 4.98. The number of benzene rings is 2. The number of nitrogens with zero attached hydrogens (tertiary/aromatic N) is 1. The van der Waals surface area contributed by atoms with Crippen LogP contribution in [0.5, 0.6) is 0 Å². The van der Waals surface area contributed by atoms with Gasteiger partial charge in [0.2, 0.25) is 0 Å². The maximum absolute atomic E-state index is 12.1. The fraction of sp³-hybridized carbons (Fsp3) is 0.176. The molecule has 23 heavy (non-hydrogen) atoms. The van der Waals surface area contributed by atoms with Crippen LogP contribution in [0.15, 0.2) is 53.4 Å². The minimum absolute atomic E-state index is 0.194. The summed E-state index contributed by atoms with van der Waals surface area (Å²) in [5, 5.41) is 3.33. The Kier molecular flexibility index (Phi) is 6.04. The highest BCUT2D eigenvalue weighted by Crippen LogP contribution is 2.14. The average molecular weight is 440 g/mol. The lowest BCUT2D eigenvalue weighted by Crippen LogP contribution is -2.21. The molecule has 2 rings (SSSR count). The van der Waals surface area contributed by atoms with E-state index in [9.17, 15) is 8.42 Å². The van der Waals surface area contributed by atoms with Crippen molar-refractivity contribution in [3.63, 3.8) is 0 Å². The second kappa shape index (κ2) is 7.81. The van der Waals surface area contributed by atoms with E-state index < -0.39 is 10.0 Å². The Balaban J connectivity index is 1.95. The van der Waals surface area contributed by atoms with Gasteiger partial charge in [0, 0.05) is 29.8 Å². The van der Waals surface area contributed by atoms with Crippen molar-refractivity contribution in [3.05, 3.63) is 63.2 Å². The van der Waals surface area contributed by atoms with Gasteiger partial charge in [0.15, 0.2) is 0 Å². The van der Waals surface area contributed by atoms with E-state index in [1.165, 1.54) is 16.2 Å². The standard InChI is InChI=1S/C17H17IN2O2S/c1-3-20(2)23(21,22)17-10-6-15(7-11-17)13-19-12-14-4-8-16(18)9-5-14/h1,4-11,19H,12-13H2,2H3. The van der Waals surface area contributed by atoms with Crippen molar-refractivity contribution in [3.8, 4) is 12.5 Å². The summed E-state index contributed by atoms with van der Waals surface area (Å²) in [6.45, 7) is 1.42. The van der Waals surface area contributed by atoms with Gasteiger partial charge < -0.3 is 5.32 Å². The Morgan fingerprint density at radius 2 is 1.52 bits per heavy atom. The highest BCUT2D eigenvalue weighted by Gasteiger charge is 2.17. The monoisotopic (exact) mass is 440 g/mol. The summed E-state index contributed by atoms with van der Waals surface area (Å²) < 4.78 is 26.2. The Labute approximate surface area is 151 Å². The summed E-state index contributed by atoms with van der Waals surface area (Å²) >= 11 is 2.27. The minimum Gasteiger partial charge on any atom is -0.309 e. The van der Waals surface area contributed by atoms with Gasteiger partial charge in [-0.1, -0.05) is 30.7 Å². The Morgan fingerprint density at radius 3 is 2.00 bits per heavy atom. The predicted molar refractivity (Wildman–Crippen MR) is 99.9 cm³/mol. The van der Waals surface area contributed by atoms with Crippen molar-refractivity contribution < 1.29 is 8.42 Å². The molecule has 4 nitrogen and oxygen atoms in total. The normalized spacial score (nSPS) is 11.0. The highest BCUT2D eigenvalue weighted by molar-refractivity contribution is 14.1. The molecule has 0 spiro atoms. The topological polar surface area (TPSA) is 49.4 Å². The lowest BCUT2D eigenvalue weighted by molar-refractivity contribution is 0.547. The molecule has 6 heteroatoms. The molecule has 0 atom stereocenters. The molecule has 0 aromatic heterocycles. The highest BCUT2D eigenvalue weighted by atomic mass is 127. The van der Waals surface area contributed by atoms with Crippen LogP contribution in [0.2, 0.25) is 0 Å². The van der Waals surface area contributed by atoms with Crippen LogP contribution in [0.4, 0.5) is 0 Å². The zero-order chi connectivity index (χ0) is 16.9. The molecule has 0 amide bonds. The van der Waals surface area contributed by atoms with Gasteiger partial charge in [-0.25, -0.2) is 12.7 Å². The van der Waals surface area contributed by atoms with Gasteiger partial charge in [-0.05, 0) is 58.0 Å². The smallest absolute Gasteiger partial charge is 0.270 e. The van der Waals surface area contributed by atoms with Gasteiger partial charge in [0.25, 0.3) is 10.0 Å². The molecule has 120 valence electrons. The fourth-order valence-corrected chi connectivity index (χ4v) is 3.25. The molecular formula is C17H17IN2O2S. The van der Waals surface area contributed by atoms with E-state index in [4.69, 9.17) is 6.42 Å². The molecule has 0 saturated carbocycles. The summed E-state index contributed by atoms with van der Waals surface area (Å²) in [4.78, 5) is 0.194. The van der Waals surface area contributed by atoms with E-state index in [2.05, 4.69) is 58.2 Å². The predicted octanol–water partition coefficient (Wildman–Crippen LogP) is 2.79. The summed E-state index contributed by atoms with van der Waals surface area (Å²) in [6.07, 6.45) is 5.14. The molecule has 0 aliphatic heterocycles. The molecule has 0 bridgehead atoms. The number of nitrogens with one attached hydrogen (secondary N) is 1. The summed E-state index contributed by atoms with van der Waals surface area (Å²) in [7, 11) is -2.24. The third-order valence-electron chi connectivity index (χ3n) is 3.34. The molecule has 0 aliphatic carbocycles. The van der Waals surface area contributed by atoms with Gasteiger partial charge in [0.05, 0.1) is 4.90 Å². The van der Waals surface area contributed by atoms with Gasteiger partial charge in [-0.15, -0.1) is 0 Å². The van der Waals surface area contributed by atoms with Gasteiger partial charge in [-0.3, -0.25) is 0 Å². The van der Waals surface area contributed by atoms with Crippen molar-refractivity contribution in [1.82, 2.24) is 9.62 Å². The molecule has 0 saturated heterocycles. The lowest BCUT2D eigenvalue weighted by Gasteiger charge is -2.12. The number of sulfonamides is 1. The average Bonchev–Trinajstić information content (AvgIpc) is 2.56. The summed E-state index contributed by atoms with van der Waals surface area (Å²) in [6, 6.07) is 17.1. The number of halogens is 1. The molecular weight excluding hydrogens is 423 g/mol. The van der Waals surface area contributed by atoms with Gasteiger partial charge in [0.1, 0.15) is 0 Å². The van der Waals surface area contributed by atoms with Crippen molar-refractivity contribution >= 4 is 32.6 Å². The number of hydrogen-bond donors (Lipinski definition) is 1. The molecule has 0 heterocycles. The van der Waals surface area contributed by atoms with Crippen LogP contribution >= 0.6 is 22.6 Å². The molecule has 0 aliphatic rings. The molecule has 2 aromatic carbocycles. The summed E-state index contributed by atoms with van der Waals surface area (Å²) in [5.41, 5.74) is 2.22. The maximum Gasteiger partial charge on any atom is 0.270 e. The van der Waals surface area contributed by atoms with E-state index in [-0.39, 0.29) is 4.90 Å². The first kappa shape index (κ1) is 17.8. The van der Waals surface area contributed by atoms with Crippen molar-refractivity contribution in [2.75, 3.05) is 7.05 Å². The van der Waals surface area contributed by atoms with Crippen LogP contribution in [0.1, 0.15) is 11.1 Å². The minimum atomic E-state index is -3.60. The molecule has 2 aromatic rings. The fourth-order valence-electron chi connectivity index (χ4n) is 1.96. The number of terminal acetylenes is 1. The van der Waals surface area contributed by atoms with Crippen LogP contribution in [-0.4, -0.2) is 19.8 Å². The van der Waals surface area contributed by atoms with Gasteiger partial charge >= 0.3 is 0 Å². The Morgan fingerprint density at radius 1 is 1.04 bits per heavy atom. The first-order valence-electron chi connectivity index (χ1n) is 6.93. The zero-order valence-electron chi connectivity index (χ0n) is 12.7. The zero-order valence-corrected chi connectivity index (χ0v) is 15.6. The number of hydrogen-bond acceptors (Lipinski definition) is 3. The van der Waals surface area contributed by atoms with Crippen LogP contribution < -0.4 is 5.32 Å². The van der Waals surface area contributed by atoms with Crippen molar-refractivity contribution in [2.24, 2.45) is 0 Å². The van der Waals surface area contributed by atoms with E-state index in [1.54, 1.807) is 24.3 Å². The van der Waals surface area contributed by atoms with Crippen LogP contribution in [0.3, 0.4) is 0 Å². The second-order valence-corrected chi connectivity index (χ2v) is 8.19. The van der Waals surface area contributed by atoms with E-state index in [0.717, 1.165) is 16.4 Å². The number of rotatable bonds is 6. The van der Waals surface area contributed by atoms with Crippen molar-refractivity contribution in [2.45, 2.75) is 18.0 Å². The van der Waals surface area contributed by atoms with E-state index in [0.29, 0.717) is 6.54 Å². The molecule has 1 N–H and O–H groups in total.